The zero-order valence-electron chi connectivity index (χ0n) is 21.3. The van der Waals surface area contributed by atoms with Gasteiger partial charge in [0.25, 0.3) is 5.56 Å². The van der Waals surface area contributed by atoms with Crippen LogP contribution in [0, 0.1) is 6.92 Å². The average Bonchev–Trinajstić information content (AvgIpc) is 3.15. The van der Waals surface area contributed by atoms with Crippen molar-refractivity contribution in [2.75, 3.05) is 21.3 Å². The van der Waals surface area contributed by atoms with Crippen LogP contribution in [0.5, 0.6) is 17.2 Å². The third-order valence-corrected chi connectivity index (χ3v) is 6.37. The lowest BCUT2D eigenvalue weighted by atomic mass is 10.1. The van der Waals surface area contributed by atoms with Crippen LogP contribution in [0.3, 0.4) is 0 Å². The van der Waals surface area contributed by atoms with Crippen LogP contribution in [-0.2, 0) is 7.05 Å². The molecule has 0 fully saturated rings. The average molecular weight is 498 g/mol. The summed E-state index contributed by atoms with van der Waals surface area (Å²) in [6, 6.07) is 22.4. The Morgan fingerprint density at radius 2 is 1.59 bits per heavy atom. The number of aromatic nitrogens is 2. The molecule has 0 aliphatic heterocycles. The van der Waals surface area contributed by atoms with Crippen LogP contribution in [0.1, 0.15) is 5.69 Å². The van der Waals surface area contributed by atoms with E-state index >= 15 is 0 Å². The van der Waals surface area contributed by atoms with Gasteiger partial charge in [0, 0.05) is 24.1 Å². The van der Waals surface area contributed by atoms with E-state index in [1.165, 1.54) is 0 Å². The van der Waals surface area contributed by atoms with Crippen molar-refractivity contribution >= 4 is 16.7 Å². The van der Waals surface area contributed by atoms with E-state index in [-0.39, 0.29) is 5.56 Å². The highest BCUT2D eigenvalue weighted by molar-refractivity contribution is 5.80. The van der Waals surface area contributed by atoms with Gasteiger partial charge in [-0.2, -0.15) is 0 Å². The first-order valence-corrected chi connectivity index (χ1v) is 11.7. The highest BCUT2D eigenvalue weighted by atomic mass is 16.5. The SMILES string of the molecule is COc1ccc2oc(-c3ccc(OC)c(OC)c3)cc(=Nc3c(C)n(C)n(-c4ccccc4)c3=O)c2c1. The summed E-state index contributed by atoms with van der Waals surface area (Å²) in [6.07, 6.45) is 0. The predicted octanol–water partition coefficient (Wildman–Crippen LogP) is 5.16. The van der Waals surface area contributed by atoms with E-state index in [1.54, 1.807) is 26.0 Å². The lowest BCUT2D eigenvalue weighted by Crippen LogP contribution is -2.19. The summed E-state index contributed by atoms with van der Waals surface area (Å²) in [6.45, 7) is 1.88. The Kier molecular flexibility index (Phi) is 6.31. The molecular formula is C29H27N3O5. The van der Waals surface area contributed by atoms with Crippen molar-refractivity contribution in [3.8, 4) is 34.3 Å². The molecule has 8 nitrogen and oxygen atoms in total. The lowest BCUT2D eigenvalue weighted by molar-refractivity contribution is 0.355. The van der Waals surface area contributed by atoms with E-state index < -0.39 is 0 Å². The Morgan fingerprint density at radius 3 is 2.30 bits per heavy atom. The first kappa shape index (κ1) is 24.0. The van der Waals surface area contributed by atoms with Gasteiger partial charge < -0.3 is 18.6 Å². The van der Waals surface area contributed by atoms with Crippen LogP contribution < -0.4 is 25.1 Å². The minimum Gasteiger partial charge on any atom is -0.497 e. The Hall–Kier alpha value is -4.72. The summed E-state index contributed by atoms with van der Waals surface area (Å²) in [7, 11) is 6.63. The Morgan fingerprint density at radius 1 is 0.838 bits per heavy atom. The highest BCUT2D eigenvalue weighted by Gasteiger charge is 2.17. The maximum absolute atomic E-state index is 13.6. The molecule has 5 rings (SSSR count). The molecule has 0 aliphatic carbocycles. The maximum atomic E-state index is 13.6. The van der Waals surface area contributed by atoms with E-state index in [2.05, 4.69) is 0 Å². The van der Waals surface area contributed by atoms with Gasteiger partial charge in [0.2, 0.25) is 0 Å². The van der Waals surface area contributed by atoms with Crippen molar-refractivity contribution in [1.29, 1.82) is 0 Å². The smallest absolute Gasteiger partial charge is 0.297 e. The summed E-state index contributed by atoms with van der Waals surface area (Å²) in [5, 5.41) is 1.30. The second kappa shape index (κ2) is 9.73. The van der Waals surface area contributed by atoms with E-state index in [0.29, 0.717) is 39.6 Å². The molecule has 2 heterocycles. The summed E-state index contributed by atoms with van der Waals surface area (Å²) in [5.41, 5.74) is 3.01. The largest absolute Gasteiger partial charge is 0.497 e. The zero-order valence-corrected chi connectivity index (χ0v) is 21.3. The van der Waals surface area contributed by atoms with E-state index in [1.807, 2.05) is 91.4 Å². The summed E-state index contributed by atoms with van der Waals surface area (Å²) in [5.74, 6) is 2.41. The van der Waals surface area contributed by atoms with Crippen molar-refractivity contribution in [2.45, 2.75) is 6.92 Å². The number of nitrogens with zero attached hydrogens (tertiary/aromatic N) is 3. The zero-order chi connectivity index (χ0) is 26.1. The fraction of sp³-hybridized carbons (Fsp3) is 0.172. The van der Waals surface area contributed by atoms with Crippen molar-refractivity contribution in [2.24, 2.45) is 12.0 Å². The van der Waals surface area contributed by atoms with E-state index in [4.69, 9.17) is 23.6 Å². The number of rotatable bonds is 6. The third-order valence-electron chi connectivity index (χ3n) is 6.37. The molecule has 0 aliphatic rings. The quantitative estimate of drug-likeness (QED) is 0.324. The van der Waals surface area contributed by atoms with Crippen LogP contribution in [0.25, 0.3) is 28.0 Å². The highest BCUT2D eigenvalue weighted by Crippen LogP contribution is 2.33. The van der Waals surface area contributed by atoms with Gasteiger partial charge in [-0.15, -0.1) is 0 Å². The Balaban J connectivity index is 1.79. The fourth-order valence-electron chi connectivity index (χ4n) is 4.30. The number of hydrogen-bond acceptors (Lipinski definition) is 6. The van der Waals surface area contributed by atoms with Crippen LogP contribution in [0.4, 0.5) is 5.69 Å². The van der Waals surface area contributed by atoms with Crippen molar-refractivity contribution in [1.82, 2.24) is 9.36 Å². The molecule has 0 bridgehead atoms. The molecule has 0 amide bonds. The van der Waals surface area contributed by atoms with Gasteiger partial charge in [0.15, 0.2) is 17.2 Å². The van der Waals surface area contributed by atoms with Crippen LogP contribution in [0.2, 0.25) is 0 Å². The first-order valence-electron chi connectivity index (χ1n) is 11.7. The molecule has 2 aromatic heterocycles. The molecule has 0 N–H and O–H groups in total. The van der Waals surface area contributed by atoms with Gasteiger partial charge in [0.1, 0.15) is 17.1 Å². The monoisotopic (exact) mass is 497 g/mol. The minimum absolute atomic E-state index is 0.212. The van der Waals surface area contributed by atoms with Crippen molar-refractivity contribution in [3.63, 3.8) is 0 Å². The van der Waals surface area contributed by atoms with Crippen LogP contribution >= 0.6 is 0 Å². The molecule has 0 saturated carbocycles. The molecule has 0 saturated heterocycles. The van der Waals surface area contributed by atoms with Gasteiger partial charge in [-0.1, -0.05) is 18.2 Å². The van der Waals surface area contributed by atoms with Crippen molar-refractivity contribution in [3.05, 3.63) is 94.2 Å². The summed E-state index contributed by atoms with van der Waals surface area (Å²) in [4.78, 5) is 18.4. The molecule has 0 atom stereocenters. The molecule has 188 valence electrons. The molecule has 5 aromatic rings. The molecule has 0 spiro atoms. The number of benzene rings is 3. The van der Waals surface area contributed by atoms with E-state index in [0.717, 1.165) is 22.3 Å². The van der Waals surface area contributed by atoms with Gasteiger partial charge in [-0.05, 0) is 55.5 Å². The Labute approximate surface area is 213 Å². The topological polar surface area (TPSA) is 80.1 Å². The molecule has 0 radical (unpaired) electrons. The van der Waals surface area contributed by atoms with Gasteiger partial charge >= 0.3 is 0 Å². The second-order valence-electron chi connectivity index (χ2n) is 8.45. The van der Waals surface area contributed by atoms with Crippen molar-refractivity contribution < 1.29 is 18.6 Å². The number of hydrogen-bond donors (Lipinski definition) is 0. The van der Waals surface area contributed by atoms with E-state index in [9.17, 15) is 4.79 Å². The third kappa shape index (κ3) is 4.27. The maximum Gasteiger partial charge on any atom is 0.297 e. The molecule has 37 heavy (non-hydrogen) atoms. The minimum atomic E-state index is -0.212. The lowest BCUT2D eigenvalue weighted by Gasteiger charge is -2.10. The van der Waals surface area contributed by atoms with Crippen LogP contribution in [0.15, 0.2) is 87.0 Å². The summed E-state index contributed by atoms with van der Waals surface area (Å²) < 4.78 is 26.0. The number of methoxy groups -OCH3 is 3. The molecular weight excluding hydrogens is 470 g/mol. The Bertz CT molecular complexity index is 1730. The van der Waals surface area contributed by atoms with Gasteiger partial charge in [0.05, 0.1) is 38.1 Å². The first-order chi connectivity index (χ1) is 17.9. The molecule has 3 aromatic carbocycles. The normalized spacial score (nSPS) is 11.6. The fourth-order valence-corrected chi connectivity index (χ4v) is 4.30. The molecule has 8 heteroatoms. The second-order valence-corrected chi connectivity index (χ2v) is 8.45. The van der Waals surface area contributed by atoms with Crippen LogP contribution in [-0.4, -0.2) is 30.7 Å². The standard InChI is InChI=1S/C29H27N3O5/c1-18-28(29(33)32(31(18)2)20-9-7-6-8-10-20)30-23-17-26(19-11-13-25(35-4)27(15-19)36-5)37-24-14-12-21(34-3)16-22(23)24/h6-17H,1-5H3. The van der Waals surface area contributed by atoms with Gasteiger partial charge in [-0.25, -0.2) is 9.67 Å². The number of para-hydroxylation sites is 1. The summed E-state index contributed by atoms with van der Waals surface area (Å²) >= 11 is 0. The van der Waals surface area contributed by atoms with Gasteiger partial charge in [-0.3, -0.25) is 9.48 Å². The number of ether oxygens (including phenoxy) is 3. The predicted molar refractivity (Wildman–Crippen MR) is 142 cm³/mol. The number of fused-ring (bicyclic) bond motifs is 1. The molecule has 0 unspecified atom stereocenters.